The molecule has 0 radical (unpaired) electrons. The third-order valence-corrected chi connectivity index (χ3v) is 5.50. The molecule has 3 aromatic carbocycles. The summed E-state index contributed by atoms with van der Waals surface area (Å²) in [6.45, 7) is 5.35. The number of methoxy groups -OCH3 is 1. The van der Waals surface area contributed by atoms with Crippen molar-refractivity contribution < 1.29 is 24.2 Å². The molecule has 0 bridgehead atoms. The van der Waals surface area contributed by atoms with Gasteiger partial charge >= 0.3 is 6.09 Å². The Balaban J connectivity index is 1.90. The van der Waals surface area contributed by atoms with Gasteiger partial charge in [0, 0.05) is 17.0 Å². The van der Waals surface area contributed by atoms with E-state index in [-0.39, 0.29) is 6.42 Å². The third-order valence-electron chi connectivity index (χ3n) is 5.50. The lowest BCUT2D eigenvalue weighted by Gasteiger charge is -2.34. The van der Waals surface area contributed by atoms with Gasteiger partial charge in [-0.1, -0.05) is 30.3 Å². The smallest absolute Gasteiger partial charge is 0.412 e. The number of benzene rings is 3. The second-order valence-corrected chi connectivity index (χ2v) is 8.78. The molecule has 0 aromatic heterocycles. The van der Waals surface area contributed by atoms with E-state index in [9.17, 15) is 19.5 Å². The van der Waals surface area contributed by atoms with E-state index in [0.29, 0.717) is 28.5 Å². The van der Waals surface area contributed by atoms with E-state index in [2.05, 4.69) is 5.32 Å². The van der Waals surface area contributed by atoms with Crippen LogP contribution in [0.15, 0.2) is 54.6 Å². The zero-order chi connectivity index (χ0) is 23.9. The van der Waals surface area contributed by atoms with Crippen LogP contribution in [0, 0.1) is 0 Å². The minimum absolute atomic E-state index is 0.295. The second kappa shape index (κ2) is 8.12. The van der Waals surface area contributed by atoms with Gasteiger partial charge in [-0.2, -0.15) is 0 Å². The van der Waals surface area contributed by atoms with E-state index in [1.165, 1.54) is 16.9 Å². The number of fused-ring (bicyclic) bond motifs is 3. The van der Waals surface area contributed by atoms with E-state index in [1.54, 1.807) is 45.0 Å². The van der Waals surface area contributed by atoms with Gasteiger partial charge in [0.25, 0.3) is 0 Å². The van der Waals surface area contributed by atoms with Crippen molar-refractivity contribution in [3.8, 4) is 5.75 Å². The molecule has 8 nitrogen and oxygen atoms in total. The number of hydrogen-bond acceptors (Lipinski definition) is 4. The highest BCUT2D eigenvalue weighted by Gasteiger charge is 2.32. The Morgan fingerprint density at radius 1 is 1.09 bits per heavy atom. The molecule has 1 heterocycles. The van der Waals surface area contributed by atoms with Crippen molar-refractivity contribution in [2.24, 2.45) is 0 Å². The summed E-state index contributed by atoms with van der Waals surface area (Å²) < 4.78 is 5.52. The predicted octanol–water partition coefficient (Wildman–Crippen LogP) is 5.14. The Bertz CT molecular complexity index is 1280. The first kappa shape index (κ1) is 22.1. The highest BCUT2D eigenvalue weighted by atomic mass is 16.5. The lowest BCUT2D eigenvalue weighted by atomic mass is 10.0. The van der Waals surface area contributed by atoms with Crippen LogP contribution in [0.3, 0.4) is 0 Å². The van der Waals surface area contributed by atoms with Gasteiger partial charge in [0.1, 0.15) is 12.2 Å². The standard InChI is InChI=1S/C25H25N3O5/c1-25(2,3)28(24(31)32)18-12-10-16(13-20(18)33-4)27-19-11-9-15-7-5-6-8-17(15)23(19)26-21(29)14-22(27)30/h5-13H,14H2,1-4H3,(H,26,29)(H,31,32). The zero-order valence-electron chi connectivity index (χ0n) is 18.9. The number of nitrogens with one attached hydrogen (secondary N) is 1. The van der Waals surface area contributed by atoms with Crippen molar-refractivity contribution in [3.05, 3.63) is 54.6 Å². The van der Waals surface area contributed by atoms with Crippen LogP contribution < -0.4 is 19.9 Å². The van der Waals surface area contributed by atoms with Crippen LogP contribution in [0.5, 0.6) is 5.75 Å². The normalized spacial score (nSPS) is 13.9. The number of hydrogen-bond donors (Lipinski definition) is 2. The van der Waals surface area contributed by atoms with Crippen molar-refractivity contribution in [2.45, 2.75) is 32.7 Å². The minimum Gasteiger partial charge on any atom is -0.494 e. The van der Waals surface area contributed by atoms with Crippen LogP contribution in [0.4, 0.5) is 27.5 Å². The zero-order valence-corrected chi connectivity index (χ0v) is 18.9. The predicted molar refractivity (Wildman–Crippen MR) is 128 cm³/mol. The number of amides is 3. The van der Waals surface area contributed by atoms with Crippen LogP contribution in [-0.2, 0) is 9.59 Å². The van der Waals surface area contributed by atoms with Crippen LogP contribution in [-0.4, -0.2) is 35.7 Å². The summed E-state index contributed by atoms with van der Waals surface area (Å²) in [5, 5.41) is 14.4. The quantitative estimate of drug-likeness (QED) is 0.542. The first-order valence-electron chi connectivity index (χ1n) is 10.5. The summed E-state index contributed by atoms with van der Waals surface area (Å²) in [6.07, 6.45) is -1.44. The summed E-state index contributed by atoms with van der Waals surface area (Å²) in [4.78, 5) is 40.3. The number of nitrogens with zero attached hydrogens (tertiary/aromatic N) is 2. The van der Waals surface area contributed by atoms with Gasteiger partial charge in [-0.15, -0.1) is 0 Å². The molecule has 4 rings (SSSR count). The van der Waals surface area contributed by atoms with Crippen molar-refractivity contribution in [1.82, 2.24) is 0 Å². The molecule has 0 spiro atoms. The van der Waals surface area contributed by atoms with E-state index in [0.717, 1.165) is 10.8 Å². The van der Waals surface area contributed by atoms with Gasteiger partial charge in [0.05, 0.1) is 29.9 Å². The largest absolute Gasteiger partial charge is 0.494 e. The molecule has 170 valence electrons. The maximum Gasteiger partial charge on any atom is 0.412 e. The molecule has 3 amide bonds. The molecule has 33 heavy (non-hydrogen) atoms. The molecule has 0 unspecified atom stereocenters. The van der Waals surface area contributed by atoms with E-state index < -0.39 is 23.4 Å². The molecule has 2 N–H and O–H groups in total. The summed E-state index contributed by atoms with van der Waals surface area (Å²) in [5.41, 5.74) is 1.18. The third kappa shape index (κ3) is 3.95. The van der Waals surface area contributed by atoms with E-state index in [4.69, 9.17) is 4.74 Å². The first-order chi connectivity index (χ1) is 15.6. The fourth-order valence-corrected chi connectivity index (χ4v) is 4.14. The summed E-state index contributed by atoms with van der Waals surface area (Å²) in [7, 11) is 1.45. The number of anilines is 4. The molecule has 0 aliphatic carbocycles. The summed E-state index contributed by atoms with van der Waals surface area (Å²) in [6, 6.07) is 16.2. The number of ether oxygens (including phenoxy) is 1. The van der Waals surface area contributed by atoms with Gasteiger partial charge < -0.3 is 15.2 Å². The van der Waals surface area contributed by atoms with E-state index >= 15 is 0 Å². The number of carbonyl (C=O) groups excluding carboxylic acids is 2. The molecular formula is C25H25N3O5. The maximum atomic E-state index is 13.1. The summed E-state index contributed by atoms with van der Waals surface area (Å²) >= 11 is 0. The van der Waals surface area contributed by atoms with Crippen LogP contribution in [0.2, 0.25) is 0 Å². The van der Waals surface area contributed by atoms with Gasteiger partial charge in [0.15, 0.2) is 0 Å². The van der Waals surface area contributed by atoms with Gasteiger partial charge in [-0.25, -0.2) is 4.79 Å². The molecule has 0 saturated heterocycles. The van der Waals surface area contributed by atoms with Crippen molar-refractivity contribution >= 4 is 51.4 Å². The SMILES string of the molecule is COc1cc(N2C(=O)CC(=O)Nc3c2ccc2ccccc32)ccc1N(C(=O)O)C(C)(C)C. The maximum absolute atomic E-state index is 13.1. The first-order valence-corrected chi connectivity index (χ1v) is 10.5. The lowest BCUT2D eigenvalue weighted by Crippen LogP contribution is -2.45. The molecule has 0 atom stereocenters. The minimum atomic E-state index is -1.12. The molecular weight excluding hydrogens is 422 g/mol. The second-order valence-electron chi connectivity index (χ2n) is 8.78. The monoisotopic (exact) mass is 447 g/mol. The highest BCUT2D eigenvalue weighted by molar-refractivity contribution is 6.21. The van der Waals surface area contributed by atoms with Gasteiger partial charge in [-0.05, 0) is 44.4 Å². The van der Waals surface area contributed by atoms with E-state index in [1.807, 2.05) is 30.3 Å². The Labute approximate surface area is 191 Å². The van der Waals surface area contributed by atoms with Crippen LogP contribution in [0.1, 0.15) is 27.2 Å². The lowest BCUT2D eigenvalue weighted by molar-refractivity contribution is -0.124. The fourth-order valence-electron chi connectivity index (χ4n) is 4.14. The fraction of sp³-hybridized carbons (Fsp3) is 0.240. The Morgan fingerprint density at radius 3 is 2.48 bits per heavy atom. The molecule has 3 aromatic rings. The van der Waals surface area contributed by atoms with Gasteiger partial charge in [-0.3, -0.25) is 19.4 Å². The highest BCUT2D eigenvalue weighted by Crippen LogP contribution is 2.43. The van der Waals surface area contributed by atoms with Crippen molar-refractivity contribution in [1.29, 1.82) is 0 Å². The molecule has 1 aliphatic rings. The Morgan fingerprint density at radius 2 is 1.82 bits per heavy atom. The molecule has 0 fully saturated rings. The average Bonchev–Trinajstić information content (AvgIpc) is 2.87. The summed E-state index contributed by atoms with van der Waals surface area (Å²) in [5.74, 6) is -0.501. The van der Waals surface area contributed by atoms with Crippen molar-refractivity contribution in [3.63, 3.8) is 0 Å². The Kier molecular flexibility index (Phi) is 5.45. The molecule has 1 aliphatic heterocycles. The number of carboxylic acid groups (broad SMARTS) is 1. The van der Waals surface area contributed by atoms with Crippen LogP contribution >= 0.6 is 0 Å². The topological polar surface area (TPSA) is 99.2 Å². The van der Waals surface area contributed by atoms with Crippen LogP contribution in [0.25, 0.3) is 10.8 Å². The van der Waals surface area contributed by atoms with Crippen molar-refractivity contribution in [2.75, 3.05) is 22.2 Å². The molecule has 8 heteroatoms. The number of rotatable bonds is 3. The Hall–Kier alpha value is -4.07. The number of carbonyl (C=O) groups is 3. The molecule has 0 saturated carbocycles. The average molecular weight is 447 g/mol. The van der Waals surface area contributed by atoms with Gasteiger partial charge in [0.2, 0.25) is 11.8 Å².